The van der Waals surface area contributed by atoms with E-state index < -0.39 is 5.97 Å². The fourth-order valence-corrected chi connectivity index (χ4v) is 0.942. The first-order chi connectivity index (χ1) is 7.43. The van der Waals surface area contributed by atoms with E-state index in [1.807, 2.05) is 0 Å². The van der Waals surface area contributed by atoms with E-state index in [4.69, 9.17) is 9.47 Å². The summed E-state index contributed by atoms with van der Waals surface area (Å²) in [4.78, 5) is 24.2. The summed E-state index contributed by atoms with van der Waals surface area (Å²) in [5.41, 5.74) is 0.0334. The van der Waals surface area contributed by atoms with Crippen molar-refractivity contribution in [2.75, 3.05) is 27.3 Å². The van der Waals surface area contributed by atoms with E-state index in [1.165, 1.54) is 4.90 Å². The minimum absolute atomic E-state index is 0.00503. The van der Waals surface area contributed by atoms with Crippen LogP contribution in [0, 0.1) is 0 Å². The third-order valence-corrected chi connectivity index (χ3v) is 2.08. The zero-order chi connectivity index (χ0) is 12.3. The highest BCUT2D eigenvalue weighted by Crippen LogP contribution is 2.13. The Morgan fingerprint density at radius 3 is 2.38 bits per heavy atom. The molecule has 1 unspecified atom stereocenters. The molecule has 16 heavy (non-hydrogen) atoms. The predicted octanol–water partition coefficient (Wildman–Crippen LogP) is 0.129. The summed E-state index contributed by atoms with van der Waals surface area (Å²) in [7, 11) is 3.15. The van der Waals surface area contributed by atoms with Crippen LogP contribution in [0.5, 0.6) is 0 Å². The average molecular weight is 225 g/mol. The van der Waals surface area contributed by atoms with Gasteiger partial charge >= 0.3 is 5.97 Å². The van der Waals surface area contributed by atoms with E-state index in [2.05, 4.69) is 13.2 Å². The Kier molecular flexibility index (Phi) is 3.84. The molecule has 0 radical (unpaired) electrons. The summed E-state index contributed by atoms with van der Waals surface area (Å²) in [6, 6.07) is 0. The predicted molar refractivity (Wildman–Crippen MR) is 57.7 cm³/mol. The third kappa shape index (κ3) is 3.20. The lowest BCUT2D eigenvalue weighted by Gasteiger charge is -2.13. The topological polar surface area (TPSA) is 59.1 Å². The van der Waals surface area contributed by atoms with Crippen LogP contribution in [0.3, 0.4) is 0 Å². The lowest BCUT2D eigenvalue weighted by atomic mass is 10.1. The van der Waals surface area contributed by atoms with Crippen LogP contribution >= 0.6 is 0 Å². The number of esters is 1. The Labute approximate surface area is 94.3 Å². The van der Waals surface area contributed by atoms with Crippen LogP contribution < -0.4 is 0 Å². The van der Waals surface area contributed by atoms with E-state index in [1.54, 1.807) is 14.1 Å². The molecule has 88 valence electrons. The van der Waals surface area contributed by atoms with Crippen molar-refractivity contribution in [3.05, 3.63) is 24.3 Å². The van der Waals surface area contributed by atoms with Gasteiger partial charge in [0.15, 0.2) is 0 Å². The second kappa shape index (κ2) is 4.94. The van der Waals surface area contributed by atoms with Crippen molar-refractivity contribution in [2.45, 2.75) is 6.10 Å². The minimum atomic E-state index is -0.629. The van der Waals surface area contributed by atoms with Crippen molar-refractivity contribution >= 4 is 11.9 Å². The number of nitrogens with zero attached hydrogens (tertiary/aromatic N) is 1. The molecule has 0 saturated carbocycles. The Morgan fingerprint density at radius 1 is 1.38 bits per heavy atom. The molecule has 1 aliphatic rings. The van der Waals surface area contributed by atoms with Crippen molar-refractivity contribution in [1.29, 1.82) is 0 Å². The van der Waals surface area contributed by atoms with Gasteiger partial charge in [0.2, 0.25) is 0 Å². The van der Waals surface area contributed by atoms with E-state index in [9.17, 15) is 9.59 Å². The minimum Gasteiger partial charge on any atom is -0.459 e. The monoisotopic (exact) mass is 225 g/mol. The number of epoxide rings is 1. The molecule has 0 spiro atoms. The molecule has 0 aromatic carbocycles. The van der Waals surface area contributed by atoms with Gasteiger partial charge in [0.1, 0.15) is 12.7 Å². The molecule has 0 aliphatic carbocycles. The summed E-state index contributed by atoms with van der Waals surface area (Å²) in [5.74, 6) is -0.986. The number of ether oxygens (including phenoxy) is 2. The summed E-state index contributed by atoms with van der Waals surface area (Å²) in [6.07, 6.45) is -0.00503. The standard InChI is InChI=1S/C11H15NO4/c1-7(10(13)12(3)4)8(2)11(14)16-6-9-5-15-9/h9H,1-2,5-6H2,3-4H3. The molecule has 1 atom stereocenters. The van der Waals surface area contributed by atoms with Gasteiger partial charge in [-0.25, -0.2) is 4.79 Å². The molecule has 0 aromatic rings. The zero-order valence-electron chi connectivity index (χ0n) is 9.49. The van der Waals surface area contributed by atoms with Crippen molar-refractivity contribution in [2.24, 2.45) is 0 Å². The zero-order valence-corrected chi connectivity index (χ0v) is 9.49. The molecule has 1 heterocycles. The number of hydrogen-bond donors (Lipinski definition) is 0. The van der Waals surface area contributed by atoms with Gasteiger partial charge in [-0.05, 0) is 0 Å². The largest absolute Gasteiger partial charge is 0.459 e. The van der Waals surface area contributed by atoms with Crippen LogP contribution in [0.4, 0.5) is 0 Å². The summed E-state index contributed by atoms with van der Waals surface area (Å²) < 4.78 is 9.76. The van der Waals surface area contributed by atoms with Crippen molar-refractivity contribution in [3.8, 4) is 0 Å². The molecule has 0 bridgehead atoms. The van der Waals surface area contributed by atoms with Gasteiger partial charge in [0.25, 0.3) is 5.91 Å². The Bertz CT molecular complexity index is 342. The van der Waals surface area contributed by atoms with Crippen LogP contribution in [0.15, 0.2) is 24.3 Å². The fourth-order valence-electron chi connectivity index (χ4n) is 0.942. The summed E-state index contributed by atoms with van der Waals surface area (Å²) in [6.45, 7) is 7.81. The maximum absolute atomic E-state index is 11.5. The quantitative estimate of drug-likeness (QED) is 0.289. The number of carbonyl (C=O) groups is 2. The average Bonchev–Trinajstić information content (AvgIpc) is 3.06. The molecular formula is C11H15NO4. The smallest absolute Gasteiger partial charge is 0.338 e. The SMILES string of the molecule is C=C(C(=C)C(=O)N(C)C)C(=O)OCC1CO1. The second-order valence-corrected chi connectivity index (χ2v) is 3.71. The molecule has 1 amide bonds. The van der Waals surface area contributed by atoms with Crippen LogP contribution in [0.2, 0.25) is 0 Å². The molecule has 5 nitrogen and oxygen atoms in total. The van der Waals surface area contributed by atoms with Gasteiger partial charge in [-0.3, -0.25) is 4.79 Å². The summed E-state index contributed by atoms with van der Waals surface area (Å²) in [5, 5.41) is 0. The lowest BCUT2D eigenvalue weighted by Crippen LogP contribution is -2.26. The Hall–Kier alpha value is -1.62. The summed E-state index contributed by atoms with van der Waals surface area (Å²) >= 11 is 0. The third-order valence-electron chi connectivity index (χ3n) is 2.08. The van der Waals surface area contributed by atoms with Crippen LogP contribution in [-0.4, -0.2) is 50.2 Å². The van der Waals surface area contributed by atoms with E-state index in [0.717, 1.165) is 0 Å². The Morgan fingerprint density at radius 2 is 1.94 bits per heavy atom. The normalized spacial score (nSPS) is 17.5. The molecule has 1 fully saturated rings. The van der Waals surface area contributed by atoms with Crippen LogP contribution in [0.1, 0.15) is 0 Å². The lowest BCUT2D eigenvalue weighted by molar-refractivity contribution is -0.139. The second-order valence-electron chi connectivity index (χ2n) is 3.71. The van der Waals surface area contributed by atoms with Gasteiger partial charge in [0.05, 0.1) is 12.2 Å². The van der Waals surface area contributed by atoms with Crippen LogP contribution in [-0.2, 0) is 19.1 Å². The van der Waals surface area contributed by atoms with E-state index in [0.29, 0.717) is 6.61 Å². The maximum Gasteiger partial charge on any atom is 0.338 e. The molecule has 1 rings (SSSR count). The van der Waals surface area contributed by atoms with Gasteiger partial charge in [-0.2, -0.15) is 0 Å². The van der Waals surface area contributed by atoms with Gasteiger partial charge in [-0.15, -0.1) is 0 Å². The number of rotatable bonds is 5. The van der Waals surface area contributed by atoms with Gasteiger partial charge < -0.3 is 14.4 Å². The first-order valence-electron chi connectivity index (χ1n) is 4.82. The van der Waals surface area contributed by atoms with Gasteiger partial charge in [-0.1, -0.05) is 13.2 Å². The molecule has 0 aromatic heterocycles. The van der Waals surface area contributed by atoms with E-state index >= 15 is 0 Å². The molecule has 1 aliphatic heterocycles. The van der Waals surface area contributed by atoms with Crippen LogP contribution in [0.25, 0.3) is 0 Å². The number of likely N-dealkylation sites (N-methyl/N-ethyl adjacent to an activating group) is 1. The maximum atomic E-state index is 11.5. The first-order valence-corrected chi connectivity index (χ1v) is 4.82. The molecular weight excluding hydrogens is 210 g/mol. The van der Waals surface area contributed by atoms with Crippen molar-refractivity contribution in [1.82, 2.24) is 4.90 Å². The number of amides is 1. The molecule has 0 N–H and O–H groups in total. The number of hydrogen-bond acceptors (Lipinski definition) is 4. The molecule has 1 saturated heterocycles. The van der Waals surface area contributed by atoms with Crippen molar-refractivity contribution in [3.63, 3.8) is 0 Å². The highest BCUT2D eigenvalue weighted by atomic mass is 16.6. The highest BCUT2D eigenvalue weighted by Gasteiger charge is 2.26. The van der Waals surface area contributed by atoms with Crippen molar-refractivity contribution < 1.29 is 19.1 Å². The molecule has 5 heteroatoms. The number of carbonyl (C=O) groups excluding carboxylic acids is 2. The van der Waals surface area contributed by atoms with E-state index in [-0.39, 0.29) is 29.8 Å². The van der Waals surface area contributed by atoms with Gasteiger partial charge in [0, 0.05) is 19.7 Å². The Balaban J connectivity index is 2.45. The highest BCUT2D eigenvalue weighted by molar-refractivity contribution is 6.08. The fraction of sp³-hybridized carbons (Fsp3) is 0.455. The first kappa shape index (κ1) is 12.4.